The number of anilines is 2. The van der Waals surface area contributed by atoms with Gasteiger partial charge in [0.1, 0.15) is 0 Å². The summed E-state index contributed by atoms with van der Waals surface area (Å²) in [7, 11) is 0. The number of hydrogen-bond acceptors (Lipinski definition) is 4. The fourth-order valence-electron chi connectivity index (χ4n) is 3.15. The molecule has 0 saturated carbocycles. The van der Waals surface area contributed by atoms with Crippen LogP contribution in [0.15, 0.2) is 36.4 Å². The molecule has 1 amide bonds. The normalized spacial score (nSPS) is 14.6. The van der Waals surface area contributed by atoms with Crippen molar-refractivity contribution < 1.29 is 4.79 Å². The summed E-state index contributed by atoms with van der Waals surface area (Å²) in [6, 6.07) is 11.2. The fourth-order valence-corrected chi connectivity index (χ4v) is 4.39. The highest BCUT2D eigenvalue weighted by Gasteiger charge is 2.16. The Morgan fingerprint density at radius 3 is 2.73 bits per heavy atom. The molecule has 1 aliphatic rings. The zero-order valence-electron chi connectivity index (χ0n) is 14.6. The van der Waals surface area contributed by atoms with Gasteiger partial charge in [-0.25, -0.2) is 4.98 Å². The van der Waals surface area contributed by atoms with E-state index < -0.39 is 0 Å². The van der Waals surface area contributed by atoms with E-state index in [1.807, 2.05) is 37.3 Å². The minimum Gasteiger partial charge on any atom is -0.348 e. The Balaban J connectivity index is 1.56. The van der Waals surface area contributed by atoms with E-state index in [-0.39, 0.29) is 5.91 Å². The molecule has 0 bridgehead atoms. The third-order valence-electron chi connectivity index (χ3n) is 4.70. The Labute approximate surface area is 161 Å². The van der Waals surface area contributed by atoms with Gasteiger partial charge in [0, 0.05) is 29.4 Å². The van der Waals surface area contributed by atoms with Crippen LogP contribution in [0, 0.1) is 6.92 Å². The summed E-state index contributed by atoms with van der Waals surface area (Å²) in [5, 5.41) is 4.61. The average Bonchev–Trinajstić information content (AvgIpc) is 3.09. The smallest absolute Gasteiger partial charge is 0.255 e. The number of hydrogen-bond donors (Lipinski definition) is 1. The maximum absolute atomic E-state index is 12.6. The summed E-state index contributed by atoms with van der Waals surface area (Å²) in [4.78, 5) is 19.7. The van der Waals surface area contributed by atoms with Crippen LogP contribution in [-0.4, -0.2) is 24.0 Å². The number of halogens is 1. The molecule has 0 atom stereocenters. The van der Waals surface area contributed by atoms with E-state index in [2.05, 4.69) is 10.2 Å². The van der Waals surface area contributed by atoms with E-state index in [1.54, 1.807) is 17.4 Å². The molecule has 134 valence electrons. The second-order valence-corrected chi connectivity index (χ2v) is 8.06. The lowest BCUT2D eigenvalue weighted by molar-refractivity contribution is 0.102. The lowest BCUT2D eigenvalue weighted by Gasteiger charge is -2.25. The molecule has 4 nitrogen and oxygen atoms in total. The standard InChI is InChI=1S/C20H20ClN3OS/c1-13-5-7-15(12-16(13)21)22-19(25)14-6-8-17-18(11-14)26-20(23-17)24-9-3-2-4-10-24/h5-8,11-12H,2-4,9-10H2,1H3,(H,22,25). The molecule has 0 aliphatic carbocycles. The van der Waals surface area contributed by atoms with Crippen LogP contribution in [0.25, 0.3) is 10.2 Å². The Bertz CT molecular complexity index is 963. The third-order valence-corrected chi connectivity index (χ3v) is 6.18. The summed E-state index contributed by atoms with van der Waals surface area (Å²) < 4.78 is 1.04. The van der Waals surface area contributed by atoms with Gasteiger partial charge in [0.2, 0.25) is 0 Å². The van der Waals surface area contributed by atoms with Gasteiger partial charge < -0.3 is 10.2 Å². The minimum absolute atomic E-state index is 0.139. The number of carbonyl (C=O) groups is 1. The number of aromatic nitrogens is 1. The van der Waals surface area contributed by atoms with E-state index in [0.29, 0.717) is 16.3 Å². The van der Waals surface area contributed by atoms with Crippen molar-refractivity contribution in [3.63, 3.8) is 0 Å². The van der Waals surface area contributed by atoms with Crippen LogP contribution < -0.4 is 10.2 Å². The van der Waals surface area contributed by atoms with Gasteiger partial charge in [0.15, 0.2) is 5.13 Å². The van der Waals surface area contributed by atoms with E-state index >= 15 is 0 Å². The molecular weight excluding hydrogens is 366 g/mol. The molecular formula is C20H20ClN3OS. The van der Waals surface area contributed by atoms with Crippen LogP contribution >= 0.6 is 22.9 Å². The molecule has 0 radical (unpaired) electrons. The first-order valence-electron chi connectivity index (χ1n) is 8.83. The van der Waals surface area contributed by atoms with E-state index in [1.165, 1.54) is 19.3 Å². The van der Waals surface area contributed by atoms with Crippen molar-refractivity contribution in [3.8, 4) is 0 Å². The predicted molar refractivity (Wildman–Crippen MR) is 110 cm³/mol. The maximum atomic E-state index is 12.6. The Morgan fingerprint density at radius 1 is 1.15 bits per heavy atom. The average molecular weight is 386 g/mol. The van der Waals surface area contributed by atoms with Crippen molar-refractivity contribution >= 4 is 49.9 Å². The lowest BCUT2D eigenvalue weighted by Crippen LogP contribution is -2.29. The molecule has 26 heavy (non-hydrogen) atoms. The van der Waals surface area contributed by atoms with Crippen molar-refractivity contribution in [1.29, 1.82) is 0 Å². The van der Waals surface area contributed by atoms with Gasteiger partial charge in [-0.05, 0) is 62.1 Å². The molecule has 1 fully saturated rings. The van der Waals surface area contributed by atoms with E-state index in [4.69, 9.17) is 16.6 Å². The van der Waals surface area contributed by atoms with Crippen molar-refractivity contribution in [2.45, 2.75) is 26.2 Å². The second-order valence-electron chi connectivity index (χ2n) is 6.64. The molecule has 3 aromatic rings. The van der Waals surface area contributed by atoms with E-state index in [0.717, 1.165) is 34.0 Å². The van der Waals surface area contributed by atoms with Gasteiger partial charge in [0.05, 0.1) is 10.2 Å². The van der Waals surface area contributed by atoms with Gasteiger partial charge in [0.25, 0.3) is 5.91 Å². The number of benzene rings is 2. The molecule has 2 heterocycles. The van der Waals surface area contributed by atoms with Gasteiger partial charge >= 0.3 is 0 Å². The first-order valence-corrected chi connectivity index (χ1v) is 10.0. The topological polar surface area (TPSA) is 45.2 Å². The highest BCUT2D eigenvalue weighted by atomic mass is 35.5. The van der Waals surface area contributed by atoms with Crippen molar-refractivity contribution in [3.05, 3.63) is 52.5 Å². The molecule has 0 spiro atoms. The number of carbonyl (C=O) groups excluding carboxylic acids is 1. The van der Waals surface area contributed by atoms with Crippen LogP contribution in [0.2, 0.25) is 5.02 Å². The van der Waals surface area contributed by atoms with Crippen LogP contribution in [0.4, 0.5) is 10.8 Å². The number of thiazole rings is 1. The molecule has 2 aromatic carbocycles. The van der Waals surface area contributed by atoms with Crippen molar-refractivity contribution in [1.82, 2.24) is 4.98 Å². The summed E-state index contributed by atoms with van der Waals surface area (Å²) >= 11 is 7.80. The Morgan fingerprint density at radius 2 is 1.96 bits per heavy atom. The molecule has 1 N–H and O–H groups in total. The molecule has 6 heteroatoms. The van der Waals surface area contributed by atoms with Crippen LogP contribution in [0.3, 0.4) is 0 Å². The predicted octanol–water partition coefficient (Wildman–Crippen LogP) is 5.50. The van der Waals surface area contributed by atoms with Gasteiger partial charge in [-0.1, -0.05) is 29.0 Å². The number of fused-ring (bicyclic) bond motifs is 1. The van der Waals surface area contributed by atoms with Crippen molar-refractivity contribution in [2.75, 3.05) is 23.3 Å². The minimum atomic E-state index is -0.139. The highest BCUT2D eigenvalue weighted by Crippen LogP contribution is 2.31. The number of piperidine rings is 1. The van der Waals surface area contributed by atoms with E-state index in [9.17, 15) is 4.79 Å². The summed E-state index contributed by atoms with van der Waals surface area (Å²) in [6.45, 7) is 4.08. The zero-order chi connectivity index (χ0) is 18.1. The maximum Gasteiger partial charge on any atom is 0.255 e. The molecule has 4 rings (SSSR count). The van der Waals surface area contributed by atoms with Gasteiger partial charge in [-0.2, -0.15) is 0 Å². The number of rotatable bonds is 3. The van der Waals surface area contributed by atoms with Crippen LogP contribution in [0.1, 0.15) is 35.2 Å². The first-order chi connectivity index (χ1) is 12.6. The van der Waals surface area contributed by atoms with Crippen molar-refractivity contribution in [2.24, 2.45) is 0 Å². The number of nitrogens with one attached hydrogen (secondary N) is 1. The summed E-state index contributed by atoms with van der Waals surface area (Å²) in [5.74, 6) is -0.139. The number of aryl methyl sites for hydroxylation is 1. The zero-order valence-corrected chi connectivity index (χ0v) is 16.2. The fraction of sp³-hybridized carbons (Fsp3) is 0.300. The molecule has 1 aromatic heterocycles. The number of amides is 1. The monoisotopic (exact) mass is 385 g/mol. The SMILES string of the molecule is Cc1ccc(NC(=O)c2ccc3nc(N4CCCCC4)sc3c2)cc1Cl. The Hall–Kier alpha value is -2.11. The van der Waals surface area contributed by atoms with Crippen LogP contribution in [0.5, 0.6) is 0 Å². The number of nitrogens with zero attached hydrogens (tertiary/aromatic N) is 2. The quantitative estimate of drug-likeness (QED) is 0.647. The second kappa shape index (κ2) is 7.25. The lowest BCUT2D eigenvalue weighted by atomic mass is 10.1. The summed E-state index contributed by atoms with van der Waals surface area (Å²) in [6.07, 6.45) is 3.75. The molecule has 1 aliphatic heterocycles. The van der Waals surface area contributed by atoms with Crippen LogP contribution in [-0.2, 0) is 0 Å². The van der Waals surface area contributed by atoms with Gasteiger partial charge in [-0.15, -0.1) is 0 Å². The van der Waals surface area contributed by atoms with Gasteiger partial charge in [-0.3, -0.25) is 4.79 Å². The summed E-state index contributed by atoms with van der Waals surface area (Å²) in [5.41, 5.74) is 3.26. The first kappa shape index (κ1) is 17.3. The Kier molecular flexibility index (Phi) is 4.83. The molecule has 0 unspecified atom stereocenters. The third kappa shape index (κ3) is 3.55. The molecule has 1 saturated heterocycles. The highest BCUT2D eigenvalue weighted by molar-refractivity contribution is 7.22. The largest absolute Gasteiger partial charge is 0.348 e.